The van der Waals surface area contributed by atoms with E-state index in [1.165, 1.54) is 11.3 Å². The molecule has 0 spiro atoms. The lowest BCUT2D eigenvalue weighted by Crippen LogP contribution is -2.23. The molecule has 25 heavy (non-hydrogen) atoms. The highest BCUT2D eigenvalue weighted by molar-refractivity contribution is 7.17. The molecule has 0 unspecified atom stereocenters. The fourth-order valence-electron chi connectivity index (χ4n) is 2.70. The number of hydrogen-bond acceptors (Lipinski definition) is 5. The predicted molar refractivity (Wildman–Crippen MR) is 106 cm³/mol. The second-order valence-corrected chi connectivity index (χ2v) is 6.63. The third-order valence-corrected chi connectivity index (χ3v) is 4.70. The van der Waals surface area contributed by atoms with E-state index in [0.717, 1.165) is 29.1 Å². The summed E-state index contributed by atoms with van der Waals surface area (Å²) >= 11 is 1.44. The van der Waals surface area contributed by atoms with E-state index in [-0.39, 0.29) is 5.97 Å². The van der Waals surface area contributed by atoms with Gasteiger partial charge in [-0.15, -0.1) is 24.5 Å². The van der Waals surface area contributed by atoms with Gasteiger partial charge in [-0.25, -0.2) is 4.79 Å². The summed E-state index contributed by atoms with van der Waals surface area (Å²) in [5.74, 6) is -0.375. The molecular weight excluding hydrogens is 332 g/mol. The van der Waals surface area contributed by atoms with Crippen LogP contribution in [0.3, 0.4) is 0 Å². The van der Waals surface area contributed by atoms with Crippen molar-refractivity contribution >= 4 is 22.3 Å². The molecule has 132 valence electrons. The van der Waals surface area contributed by atoms with Gasteiger partial charge in [0, 0.05) is 30.1 Å². The number of nitrogens with zero attached hydrogens (tertiary/aromatic N) is 1. The molecule has 0 aliphatic rings. The molecule has 0 atom stereocenters. The van der Waals surface area contributed by atoms with Crippen LogP contribution in [0.15, 0.2) is 55.6 Å². The van der Waals surface area contributed by atoms with Crippen molar-refractivity contribution in [2.45, 2.75) is 13.5 Å². The van der Waals surface area contributed by atoms with Crippen LogP contribution in [0.2, 0.25) is 0 Å². The maximum atomic E-state index is 12.5. The van der Waals surface area contributed by atoms with Gasteiger partial charge in [0.1, 0.15) is 10.6 Å². The fraction of sp³-hybridized carbons (Fsp3) is 0.250. The Bertz CT molecular complexity index is 728. The quantitative estimate of drug-likeness (QED) is 0.536. The maximum Gasteiger partial charge on any atom is 0.341 e. The van der Waals surface area contributed by atoms with Gasteiger partial charge >= 0.3 is 5.97 Å². The summed E-state index contributed by atoms with van der Waals surface area (Å²) in [5, 5.41) is 0.490. The normalized spacial score (nSPS) is 10.6. The first-order valence-electron chi connectivity index (χ1n) is 8.20. The van der Waals surface area contributed by atoms with Crippen LogP contribution in [0.5, 0.6) is 0 Å². The second kappa shape index (κ2) is 9.20. The third-order valence-electron chi connectivity index (χ3n) is 3.69. The molecule has 0 fully saturated rings. The van der Waals surface area contributed by atoms with E-state index in [1.54, 1.807) is 6.92 Å². The van der Waals surface area contributed by atoms with Crippen LogP contribution in [0.25, 0.3) is 11.1 Å². The summed E-state index contributed by atoms with van der Waals surface area (Å²) in [4.78, 5) is 15.7. The molecule has 0 bridgehead atoms. The first-order valence-corrected chi connectivity index (χ1v) is 9.01. The SMILES string of the molecule is C=CCN(CC=C)Cc1sc(N)c(C(=O)OCC)c1-c1ccccc1. The first kappa shape index (κ1) is 19.0. The summed E-state index contributed by atoms with van der Waals surface area (Å²) in [7, 11) is 0. The first-order chi connectivity index (χ1) is 12.1. The molecule has 1 aromatic heterocycles. The number of ether oxygens (including phenoxy) is 1. The van der Waals surface area contributed by atoms with Crippen molar-refractivity contribution in [1.29, 1.82) is 0 Å². The molecule has 0 aliphatic heterocycles. The minimum absolute atomic E-state index is 0.316. The maximum absolute atomic E-state index is 12.5. The molecule has 2 N–H and O–H groups in total. The van der Waals surface area contributed by atoms with Gasteiger partial charge in [-0.05, 0) is 12.5 Å². The van der Waals surface area contributed by atoms with Gasteiger partial charge in [0.15, 0.2) is 0 Å². The van der Waals surface area contributed by atoms with Crippen molar-refractivity contribution in [2.75, 3.05) is 25.4 Å². The van der Waals surface area contributed by atoms with Crippen molar-refractivity contribution in [3.8, 4) is 11.1 Å². The van der Waals surface area contributed by atoms with E-state index in [0.29, 0.717) is 23.7 Å². The summed E-state index contributed by atoms with van der Waals surface area (Å²) in [6.07, 6.45) is 3.71. The van der Waals surface area contributed by atoms with Crippen molar-refractivity contribution in [1.82, 2.24) is 4.90 Å². The Hall–Kier alpha value is -2.37. The Morgan fingerprint density at radius 3 is 2.44 bits per heavy atom. The van der Waals surface area contributed by atoms with Gasteiger partial charge in [-0.3, -0.25) is 4.90 Å². The lowest BCUT2D eigenvalue weighted by Gasteiger charge is -2.19. The van der Waals surface area contributed by atoms with Crippen LogP contribution in [0, 0.1) is 0 Å². The molecule has 5 heteroatoms. The second-order valence-electron chi connectivity index (χ2n) is 5.50. The Labute approximate surface area is 153 Å². The Morgan fingerprint density at radius 1 is 1.24 bits per heavy atom. The minimum atomic E-state index is -0.375. The molecule has 0 saturated carbocycles. The molecule has 4 nitrogen and oxygen atoms in total. The summed E-state index contributed by atoms with van der Waals surface area (Å²) < 4.78 is 5.23. The molecule has 2 rings (SSSR count). The molecule has 0 radical (unpaired) electrons. The molecule has 0 saturated heterocycles. The van der Waals surface area contributed by atoms with E-state index < -0.39 is 0 Å². The fourth-order valence-corrected chi connectivity index (χ4v) is 3.82. The molecule has 2 aromatic rings. The number of carbonyl (C=O) groups is 1. The van der Waals surface area contributed by atoms with Gasteiger partial charge in [-0.2, -0.15) is 0 Å². The van der Waals surface area contributed by atoms with Gasteiger partial charge in [0.05, 0.1) is 6.61 Å². The average Bonchev–Trinajstić information content (AvgIpc) is 2.92. The lowest BCUT2D eigenvalue weighted by molar-refractivity contribution is 0.0529. The highest BCUT2D eigenvalue weighted by Crippen LogP contribution is 2.39. The molecule has 0 aliphatic carbocycles. The Balaban J connectivity index is 2.52. The number of anilines is 1. The van der Waals surface area contributed by atoms with E-state index >= 15 is 0 Å². The van der Waals surface area contributed by atoms with Crippen molar-refractivity contribution in [3.63, 3.8) is 0 Å². The number of benzene rings is 1. The Morgan fingerprint density at radius 2 is 1.88 bits per heavy atom. The third kappa shape index (κ3) is 4.59. The molecule has 1 heterocycles. The highest BCUT2D eigenvalue weighted by Gasteiger charge is 2.25. The standard InChI is InChI=1S/C20H24N2O2S/c1-4-12-22(13-5-2)14-16-17(15-10-8-7-9-11-15)18(19(21)25-16)20(23)24-6-3/h4-5,7-11H,1-2,6,12-14,21H2,3H3. The smallest absolute Gasteiger partial charge is 0.341 e. The van der Waals surface area contributed by atoms with Gasteiger partial charge < -0.3 is 10.5 Å². The van der Waals surface area contributed by atoms with E-state index in [1.807, 2.05) is 42.5 Å². The molecule has 0 amide bonds. The highest BCUT2D eigenvalue weighted by atomic mass is 32.1. The number of hydrogen-bond donors (Lipinski definition) is 1. The summed E-state index contributed by atoms with van der Waals surface area (Å²) in [6.45, 7) is 11.8. The Kier molecular flexibility index (Phi) is 6.98. The van der Waals surface area contributed by atoms with E-state index in [9.17, 15) is 4.79 Å². The summed E-state index contributed by atoms with van der Waals surface area (Å²) in [6, 6.07) is 9.82. The van der Waals surface area contributed by atoms with E-state index in [2.05, 4.69) is 18.1 Å². The monoisotopic (exact) mass is 356 g/mol. The zero-order chi connectivity index (χ0) is 18.2. The van der Waals surface area contributed by atoms with Gasteiger partial charge in [-0.1, -0.05) is 42.5 Å². The molecular formula is C20H24N2O2S. The zero-order valence-corrected chi connectivity index (χ0v) is 15.3. The number of thiophene rings is 1. The number of carbonyl (C=O) groups excluding carboxylic acids is 1. The topological polar surface area (TPSA) is 55.6 Å². The van der Waals surface area contributed by atoms with Crippen molar-refractivity contribution < 1.29 is 9.53 Å². The van der Waals surface area contributed by atoms with Crippen LogP contribution < -0.4 is 5.73 Å². The minimum Gasteiger partial charge on any atom is -0.462 e. The summed E-state index contributed by atoms with van der Waals surface area (Å²) in [5.41, 5.74) is 8.48. The number of esters is 1. The molecule has 1 aromatic carbocycles. The number of nitrogen functional groups attached to an aromatic ring is 1. The zero-order valence-electron chi connectivity index (χ0n) is 14.5. The lowest BCUT2D eigenvalue weighted by atomic mass is 10.0. The predicted octanol–water partition coefficient (Wildman–Crippen LogP) is 4.35. The number of rotatable bonds is 9. The van der Waals surface area contributed by atoms with E-state index in [4.69, 9.17) is 10.5 Å². The van der Waals surface area contributed by atoms with Crippen LogP contribution in [-0.2, 0) is 11.3 Å². The van der Waals surface area contributed by atoms with Crippen molar-refractivity contribution in [2.24, 2.45) is 0 Å². The van der Waals surface area contributed by atoms with Crippen molar-refractivity contribution in [3.05, 3.63) is 66.1 Å². The van der Waals surface area contributed by atoms with Crippen LogP contribution in [-0.4, -0.2) is 30.6 Å². The number of nitrogens with two attached hydrogens (primary N) is 1. The van der Waals surface area contributed by atoms with Crippen LogP contribution in [0.1, 0.15) is 22.2 Å². The van der Waals surface area contributed by atoms with Crippen LogP contribution >= 0.6 is 11.3 Å². The van der Waals surface area contributed by atoms with Gasteiger partial charge in [0.25, 0.3) is 0 Å². The van der Waals surface area contributed by atoms with Gasteiger partial charge in [0.2, 0.25) is 0 Å². The van der Waals surface area contributed by atoms with Crippen LogP contribution in [0.4, 0.5) is 5.00 Å². The average molecular weight is 356 g/mol. The largest absolute Gasteiger partial charge is 0.462 e.